The zero-order valence-electron chi connectivity index (χ0n) is 9.70. The molecule has 2 nitrogen and oxygen atoms in total. The Balaban J connectivity index is 2.25. The van der Waals surface area contributed by atoms with Crippen LogP contribution in [0.15, 0.2) is 42.5 Å². The van der Waals surface area contributed by atoms with Crippen LogP contribution >= 0.6 is 11.6 Å². The summed E-state index contributed by atoms with van der Waals surface area (Å²) in [7, 11) is 0. The molecular formula is C14H9ClF2N2. The van der Waals surface area contributed by atoms with E-state index in [1.165, 1.54) is 36.4 Å². The molecular weight excluding hydrogens is 270 g/mol. The van der Waals surface area contributed by atoms with E-state index in [1.54, 1.807) is 0 Å². The van der Waals surface area contributed by atoms with E-state index in [2.05, 4.69) is 5.32 Å². The summed E-state index contributed by atoms with van der Waals surface area (Å²) >= 11 is 5.90. The zero-order valence-corrected chi connectivity index (χ0v) is 10.5. The summed E-state index contributed by atoms with van der Waals surface area (Å²) < 4.78 is 25.7. The first-order chi connectivity index (χ1) is 9.10. The fourth-order valence-electron chi connectivity index (χ4n) is 1.63. The number of benzene rings is 2. The molecule has 0 fully saturated rings. The lowest BCUT2D eigenvalue weighted by Crippen LogP contribution is -2.09. The smallest absolute Gasteiger partial charge is 0.141 e. The van der Waals surface area contributed by atoms with Gasteiger partial charge >= 0.3 is 0 Å². The highest BCUT2D eigenvalue weighted by Crippen LogP contribution is 2.26. The van der Waals surface area contributed by atoms with Gasteiger partial charge in [0.15, 0.2) is 0 Å². The van der Waals surface area contributed by atoms with E-state index >= 15 is 0 Å². The van der Waals surface area contributed by atoms with Crippen molar-refractivity contribution < 1.29 is 8.78 Å². The Morgan fingerprint density at radius 2 is 1.68 bits per heavy atom. The average molecular weight is 279 g/mol. The van der Waals surface area contributed by atoms with Gasteiger partial charge in [0.2, 0.25) is 0 Å². The predicted molar refractivity (Wildman–Crippen MR) is 69.8 cm³/mol. The van der Waals surface area contributed by atoms with Crippen LogP contribution in [0, 0.1) is 23.0 Å². The molecule has 0 bridgehead atoms. The molecule has 1 N–H and O–H groups in total. The Labute approximate surface area is 114 Å². The molecule has 1 unspecified atom stereocenters. The highest BCUT2D eigenvalue weighted by molar-refractivity contribution is 6.31. The van der Waals surface area contributed by atoms with Gasteiger partial charge in [-0.25, -0.2) is 8.78 Å². The molecule has 5 heteroatoms. The fraction of sp³-hybridized carbons (Fsp3) is 0.0714. The highest BCUT2D eigenvalue weighted by atomic mass is 35.5. The van der Waals surface area contributed by atoms with Crippen LogP contribution < -0.4 is 5.32 Å². The molecule has 2 aromatic rings. The lowest BCUT2D eigenvalue weighted by Gasteiger charge is -2.14. The minimum Gasteiger partial charge on any atom is -0.366 e. The molecule has 0 aliphatic heterocycles. The van der Waals surface area contributed by atoms with E-state index < -0.39 is 11.9 Å². The number of halogens is 3. The molecule has 0 aliphatic rings. The van der Waals surface area contributed by atoms with Crippen molar-refractivity contribution in [1.29, 1.82) is 5.26 Å². The largest absolute Gasteiger partial charge is 0.366 e. The number of nitriles is 1. The summed E-state index contributed by atoms with van der Waals surface area (Å²) in [6.07, 6.45) is 0. The van der Waals surface area contributed by atoms with Crippen molar-refractivity contribution in [1.82, 2.24) is 0 Å². The Morgan fingerprint density at radius 1 is 1.05 bits per heavy atom. The first kappa shape index (κ1) is 13.3. The molecule has 0 saturated heterocycles. The molecule has 0 aromatic heterocycles. The van der Waals surface area contributed by atoms with E-state index in [-0.39, 0.29) is 10.8 Å². The standard InChI is InChI=1S/C14H9ClF2N2/c15-13-7-10(17)3-6-12(13)14(8-18)19-11-4-1-9(16)2-5-11/h1-7,14,19H. The normalized spacial score (nSPS) is 11.7. The molecule has 0 spiro atoms. The van der Waals surface area contributed by atoms with Crippen LogP contribution in [0.5, 0.6) is 0 Å². The van der Waals surface area contributed by atoms with E-state index in [9.17, 15) is 8.78 Å². The second-order valence-electron chi connectivity index (χ2n) is 3.88. The maximum absolute atomic E-state index is 13.0. The Kier molecular flexibility index (Phi) is 3.98. The van der Waals surface area contributed by atoms with Gasteiger partial charge in [0.05, 0.1) is 6.07 Å². The molecule has 0 radical (unpaired) electrons. The number of nitrogens with one attached hydrogen (secondary N) is 1. The Bertz CT molecular complexity index is 620. The maximum atomic E-state index is 13.0. The predicted octanol–water partition coefficient (Wildman–Crippen LogP) is 4.29. The van der Waals surface area contributed by atoms with Gasteiger partial charge in [0, 0.05) is 16.3 Å². The summed E-state index contributed by atoms with van der Waals surface area (Å²) in [5.74, 6) is -0.828. The second kappa shape index (κ2) is 5.68. The molecule has 0 saturated carbocycles. The summed E-state index contributed by atoms with van der Waals surface area (Å²) in [5.41, 5.74) is 1.04. The SMILES string of the molecule is N#CC(Nc1ccc(F)cc1)c1ccc(F)cc1Cl. The number of hydrogen-bond donors (Lipinski definition) is 1. The van der Waals surface area contributed by atoms with Gasteiger partial charge in [0.1, 0.15) is 17.7 Å². The van der Waals surface area contributed by atoms with E-state index in [0.717, 1.165) is 6.07 Å². The number of nitrogens with zero attached hydrogens (tertiary/aromatic N) is 1. The first-order valence-corrected chi connectivity index (χ1v) is 5.84. The van der Waals surface area contributed by atoms with Gasteiger partial charge < -0.3 is 5.32 Å². The highest BCUT2D eigenvalue weighted by Gasteiger charge is 2.14. The van der Waals surface area contributed by atoms with Crippen molar-refractivity contribution in [3.05, 3.63) is 64.7 Å². The third-order valence-electron chi connectivity index (χ3n) is 2.56. The van der Waals surface area contributed by atoms with Crippen LogP contribution in [0.3, 0.4) is 0 Å². The van der Waals surface area contributed by atoms with Crippen molar-refractivity contribution >= 4 is 17.3 Å². The van der Waals surface area contributed by atoms with Gasteiger partial charge in [-0.2, -0.15) is 5.26 Å². The van der Waals surface area contributed by atoms with Gasteiger partial charge in [-0.15, -0.1) is 0 Å². The van der Waals surface area contributed by atoms with Crippen LogP contribution in [0.25, 0.3) is 0 Å². The fourth-order valence-corrected chi connectivity index (χ4v) is 1.90. The number of rotatable bonds is 3. The summed E-state index contributed by atoms with van der Waals surface area (Å²) in [6, 6.07) is 10.7. The van der Waals surface area contributed by atoms with Crippen LogP contribution in [0.2, 0.25) is 5.02 Å². The van der Waals surface area contributed by atoms with Gasteiger partial charge in [0.25, 0.3) is 0 Å². The van der Waals surface area contributed by atoms with Gasteiger partial charge in [-0.05, 0) is 36.4 Å². The zero-order chi connectivity index (χ0) is 13.8. The summed E-state index contributed by atoms with van der Waals surface area (Å²) in [5, 5.41) is 12.2. The van der Waals surface area contributed by atoms with E-state index in [4.69, 9.17) is 16.9 Å². The maximum Gasteiger partial charge on any atom is 0.141 e. The summed E-state index contributed by atoms with van der Waals surface area (Å²) in [4.78, 5) is 0. The van der Waals surface area contributed by atoms with Crippen LogP contribution in [0.1, 0.15) is 11.6 Å². The number of hydrogen-bond acceptors (Lipinski definition) is 2. The second-order valence-corrected chi connectivity index (χ2v) is 4.29. The molecule has 0 amide bonds. The van der Waals surface area contributed by atoms with Gasteiger partial charge in [-0.3, -0.25) is 0 Å². The molecule has 1 atom stereocenters. The molecule has 0 heterocycles. The van der Waals surface area contributed by atoms with Gasteiger partial charge in [-0.1, -0.05) is 17.7 Å². The van der Waals surface area contributed by atoms with E-state index in [1.807, 2.05) is 6.07 Å². The van der Waals surface area contributed by atoms with Crippen molar-refractivity contribution in [3.63, 3.8) is 0 Å². The molecule has 96 valence electrons. The first-order valence-electron chi connectivity index (χ1n) is 5.47. The van der Waals surface area contributed by atoms with Crippen molar-refractivity contribution in [2.75, 3.05) is 5.32 Å². The minimum atomic E-state index is -0.737. The Hall–Kier alpha value is -2.12. The minimum absolute atomic E-state index is 0.168. The van der Waals surface area contributed by atoms with Crippen molar-refractivity contribution in [2.24, 2.45) is 0 Å². The molecule has 2 rings (SSSR count). The topological polar surface area (TPSA) is 35.8 Å². The molecule has 19 heavy (non-hydrogen) atoms. The van der Waals surface area contributed by atoms with E-state index in [0.29, 0.717) is 11.3 Å². The third kappa shape index (κ3) is 3.21. The molecule has 2 aromatic carbocycles. The number of anilines is 1. The van der Waals surface area contributed by atoms with Crippen molar-refractivity contribution in [3.8, 4) is 6.07 Å². The monoisotopic (exact) mass is 278 g/mol. The Morgan fingerprint density at radius 3 is 2.26 bits per heavy atom. The third-order valence-corrected chi connectivity index (χ3v) is 2.89. The van der Waals surface area contributed by atoms with Crippen LogP contribution in [0.4, 0.5) is 14.5 Å². The van der Waals surface area contributed by atoms with Crippen molar-refractivity contribution in [2.45, 2.75) is 6.04 Å². The molecule has 0 aliphatic carbocycles. The summed E-state index contributed by atoms with van der Waals surface area (Å²) in [6.45, 7) is 0. The van der Waals surface area contributed by atoms with Crippen LogP contribution in [-0.2, 0) is 0 Å². The average Bonchev–Trinajstić information content (AvgIpc) is 2.39. The lowest BCUT2D eigenvalue weighted by molar-refractivity contribution is 0.626. The quantitative estimate of drug-likeness (QED) is 0.909. The lowest BCUT2D eigenvalue weighted by atomic mass is 10.1. The van der Waals surface area contributed by atoms with Crippen LogP contribution in [-0.4, -0.2) is 0 Å².